The number of rotatable bonds is 2. The first-order chi connectivity index (χ1) is 8.56. The minimum atomic E-state index is -0.997. The third-order valence-electron chi connectivity index (χ3n) is 4.90. The lowest BCUT2D eigenvalue weighted by Crippen LogP contribution is -2.44. The number of carbonyl (C=O) groups is 2. The topological polar surface area (TPSA) is 77.8 Å². The van der Waals surface area contributed by atoms with Crippen LogP contribution in [-0.4, -0.2) is 45.7 Å². The minimum Gasteiger partial charge on any atom is -0.480 e. The van der Waals surface area contributed by atoms with Crippen molar-refractivity contribution in [2.45, 2.75) is 44.2 Å². The number of β-amino-alcohol motifs (C(OH)–C–C–N with tert-alkyl or cyclic N) is 1. The lowest BCUT2D eigenvalue weighted by molar-refractivity contribution is -0.150. The molecular weight excluding hydrogens is 234 g/mol. The molecule has 3 unspecified atom stereocenters. The van der Waals surface area contributed by atoms with Gasteiger partial charge in [-0.2, -0.15) is 0 Å². The van der Waals surface area contributed by atoms with E-state index >= 15 is 0 Å². The van der Waals surface area contributed by atoms with Crippen LogP contribution in [0, 0.1) is 17.8 Å². The highest BCUT2D eigenvalue weighted by Crippen LogP contribution is 2.49. The van der Waals surface area contributed by atoms with Crippen molar-refractivity contribution in [1.82, 2.24) is 4.90 Å². The molecule has 3 aliphatic rings. The lowest BCUT2D eigenvalue weighted by atomic mass is 9.87. The van der Waals surface area contributed by atoms with Gasteiger partial charge in [0.1, 0.15) is 6.04 Å². The van der Waals surface area contributed by atoms with Crippen LogP contribution in [0.3, 0.4) is 0 Å². The summed E-state index contributed by atoms with van der Waals surface area (Å²) < 4.78 is 0. The van der Waals surface area contributed by atoms with Gasteiger partial charge in [0.05, 0.1) is 6.10 Å². The number of amides is 1. The van der Waals surface area contributed by atoms with Crippen molar-refractivity contribution in [2.75, 3.05) is 6.54 Å². The van der Waals surface area contributed by atoms with Gasteiger partial charge in [0.25, 0.3) is 0 Å². The predicted molar refractivity (Wildman–Crippen MR) is 62.7 cm³/mol. The fourth-order valence-corrected chi connectivity index (χ4v) is 4.05. The summed E-state index contributed by atoms with van der Waals surface area (Å²) in [7, 11) is 0. The second-order valence-corrected chi connectivity index (χ2v) is 6.02. The van der Waals surface area contributed by atoms with Crippen molar-refractivity contribution in [3.05, 3.63) is 0 Å². The van der Waals surface area contributed by atoms with Crippen LogP contribution in [0.5, 0.6) is 0 Å². The van der Waals surface area contributed by atoms with Crippen molar-refractivity contribution in [2.24, 2.45) is 17.8 Å². The third-order valence-corrected chi connectivity index (χ3v) is 4.90. The van der Waals surface area contributed by atoms with E-state index in [1.165, 1.54) is 11.3 Å². The Balaban J connectivity index is 1.73. The van der Waals surface area contributed by atoms with Crippen LogP contribution in [0.2, 0.25) is 0 Å². The molecule has 0 radical (unpaired) electrons. The molecule has 3 fully saturated rings. The number of hydrogen-bond donors (Lipinski definition) is 2. The maximum atomic E-state index is 12.4. The Morgan fingerprint density at radius 1 is 1.11 bits per heavy atom. The summed E-state index contributed by atoms with van der Waals surface area (Å²) in [5, 5.41) is 18.7. The molecule has 2 N–H and O–H groups in total. The van der Waals surface area contributed by atoms with E-state index in [2.05, 4.69) is 0 Å². The fraction of sp³-hybridized carbons (Fsp3) is 0.846. The Bertz CT molecular complexity index is 383. The maximum absolute atomic E-state index is 12.4. The van der Waals surface area contributed by atoms with E-state index in [0.29, 0.717) is 11.8 Å². The van der Waals surface area contributed by atoms with Crippen LogP contribution >= 0.6 is 0 Å². The zero-order valence-electron chi connectivity index (χ0n) is 10.3. The first-order valence-electron chi connectivity index (χ1n) is 6.77. The second kappa shape index (κ2) is 4.23. The van der Waals surface area contributed by atoms with Crippen LogP contribution in [0.1, 0.15) is 32.1 Å². The highest BCUT2D eigenvalue weighted by Gasteiger charge is 2.48. The smallest absolute Gasteiger partial charge is 0.326 e. The summed E-state index contributed by atoms with van der Waals surface area (Å²) in [6.07, 6.45) is 3.86. The van der Waals surface area contributed by atoms with Gasteiger partial charge >= 0.3 is 5.97 Å². The number of carboxylic acid groups (broad SMARTS) is 1. The number of carbonyl (C=O) groups excluding carboxylic acids is 1. The zero-order valence-corrected chi connectivity index (χ0v) is 10.3. The molecule has 0 spiro atoms. The molecule has 2 aliphatic carbocycles. The molecular formula is C13H19NO4. The Kier molecular flexibility index (Phi) is 2.81. The standard InChI is InChI=1S/C13H19NO4/c15-9-5-11(13(17)18)14(6-9)12(16)10-4-7-1-2-8(10)3-7/h7-11,15H,1-6H2,(H,17,18)/t7?,8?,9-,10?,11-/m0/s1. The Hall–Kier alpha value is -1.10. The molecule has 5 atom stereocenters. The number of carboxylic acids is 1. The van der Waals surface area contributed by atoms with E-state index in [1.807, 2.05) is 0 Å². The van der Waals surface area contributed by atoms with Gasteiger partial charge in [-0.3, -0.25) is 4.79 Å². The highest BCUT2D eigenvalue weighted by molar-refractivity contribution is 5.86. The van der Waals surface area contributed by atoms with Crippen LogP contribution < -0.4 is 0 Å². The molecule has 1 aliphatic heterocycles. The summed E-state index contributed by atoms with van der Waals surface area (Å²) in [4.78, 5) is 25.0. The summed E-state index contributed by atoms with van der Waals surface area (Å²) >= 11 is 0. The summed E-state index contributed by atoms with van der Waals surface area (Å²) in [6, 6.07) is -0.827. The average Bonchev–Trinajstić information content (AvgIpc) is 3.01. The molecule has 100 valence electrons. The van der Waals surface area contributed by atoms with E-state index in [4.69, 9.17) is 5.11 Å². The molecule has 0 aromatic carbocycles. The first kappa shape index (κ1) is 12.0. The second-order valence-electron chi connectivity index (χ2n) is 6.02. The van der Waals surface area contributed by atoms with Crippen molar-refractivity contribution in [3.8, 4) is 0 Å². The number of aliphatic hydroxyl groups excluding tert-OH is 1. The van der Waals surface area contributed by atoms with Gasteiger partial charge in [-0.1, -0.05) is 6.42 Å². The van der Waals surface area contributed by atoms with Crippen LogP contribution in [0.4, 0.5) is 0 Å². The summed E-state index contributed by atoms with van der Waals surface area (Å²) in [6.45, 7) is 0.184. The molecule has 5 heteroatoms. The molecule has 1 amide bonds. The van der Waals surface area contributed by atoms with Crippen LogP contribution in [0.15, 0.2) is 0 Å². The van der Waals surface area contributed by atoms with E-state index in [0.717, 1.165) is 19.3 Å². The number of hydrogen-bond acceptors (Lipinski definition) is 3. The number of fused-ring (bicyclic) bond motifs is 2. The fourth-order valence-electron chi connectivity index (χ4n) is 4.05. The number of aliphatic hydroxyl groups is 1. The third kappa shape index (κ3) is 1.81. The normalized spacial score (nSPS) is 42.5. The van der Waals surface area contributed by atoms with Gasteiger partial charge < -0.3 is 15.1 Å². The van der Waals surface area contributed by atoms with E-state index in [9.17, 15) is 14.7 Å². The number of nitrogens with zero attached hydrogens (tertiary/aromatic N) is 1. The van der Waals surface area contributed by atoms with Crippen LogP contribution in [-0.2, 0) is 9.59 Å². The average molecular weight is 253 g/mol. The number of likely N-dealkylation sites (tertiary alicyclic amines) is 1. The predicted octanol–water partition coefficient (Wildman–Crippen LogP) is 0.469. The minimum absolute atomic E-state index is 0.0101. The molecule has 1 saturated heterocycles. The molecule has 0 aromatic rings. The summed E-state index contributed by atoms with van der Waals surface area (Å²) in [5.41, 5.74) is 0. The lowest BCUT2D eigenvalue weighted by Gasteiger charge is -2.28. The van der Waals surface area contributed by atoms with Crippen molar-refractivity contribution < 1.29 is 19.8 Å². The highest BCUT2D eigenvalue weighted by atomic mass is 16.4. The first-order valence-corrected chi connectivity index (χ1v) is 6.77. The zero-order chi connectivity index (χ0) is 12.9. The largest absolute Gasteiger partial charge is 0.480 e. The Labute approximate surface area is 106 Å². The Morgan fingerprint density at radius 3 is 2.44 bits per heavy atom. The SMILES string of the molecule is O=C(O)[C@@H]1C[C@H](O)CN1C(=O)C1CC2CCC1C2. The van der Waals surface area contributed by atoms with Crippen LogP contribution in [0.25, 0.3) is 0 Å². The molecule has 0 aromatic heterocycles. The Morgan fingerprint density at radius 2 is 1.89 bits per heavy atom. The van der Waals surface area contributed by atoms with Gasteiger partial charge in [0.2, 0.25) is 5.91 Å². The van der Waals surface area contributed by atoms with E-state index < -0.39 is 18.1 Å². The maximum Gasteiger partial charge on any atom is 0.326 e. The van der Waals surface area contributed by atoms with Crippen molar-refractivity contribution in [1.29, 1.82) is 0 Å². The van der Waals surface area contributed by atoms with Crippen molar-refractivity contribution in [3.63, 3.8) is 0 Å². The van der Waals surface area contributed by atoms with Gasteiger partial charge in [-0.25, -0.2) is 4.79 Å². The van der Waals surface area contributed by atoms with Crippen molar-refractivity contribution >= 4 is 11.9 Å². The molecule has 2 saturated carbocycles. The van der Waals surface area contributed by atoms with E-state index in [-0.39, 0.29) is 24.8 Å². The van der Waals surface area contributed by atoms with Gasteiger partial charge in [-0.15, -0.1) is 0 Å². The van der Waals surface area contributed by atoms with E-state index in [1.54, 1.807) is 0 Å². The number of aliphatic carboxylic acids is 1. The molecule has 1 heterocycles. The van der Waals surface area contributed by atoms with Gasteiger partial charge in [-0.05, 0) is 31.1 Å². The van der Waals surface area contributed by atoms with Gasteiger partial charge in [0, 0.05) is 18.9 Å². The molecule has 5 nitrogen and oxygen atoms in total. The molecule has 2 bridgehead atoms. The summed E-state index contributed by atoms with van der Waals surface area (Å²) in [5.74, 6) is 0.0968. The monoisotopic (exact) mass is 253 g/mol. The van der Waals surface area contributed by atoms with Gasteiger partial charge in [0.15, 0.2) is 0 Å². The molecule has 3 rings (SSSR count). The molecule has 18 heavy (non-hydrogen) atoms. The quantitative estimate of drug-likeness (QED) is 0.750.